The zero-order valence-electron chi connectivity index (χ0n) is 10.2. The molecule has 0 bridgehead atoms. The van der Waals surface area contributed by atoms with Gasteiger partial charge in [0.15, 0.2) is 5.82 Å². The molecule has 0 aliphatic heterocycles. The van der Waals surface area contributed by atoms with Crippen molar-refractivity contribution in [3.8, 4) is 0 Å². The lowest BCUT2D eigenvalue weighted by Gasteiger charge is -2.25. The van der Waals surface area contributed by atoms with Gasteiger partial charge in [-0.1, -0.05) is 25.4 Å². The Morgan fingerprint density at radius 1 is 1.59 bits per heavy atom. The lowest BCUT2D eigenvalue weighted by atomic mass is 10.2. The summed E-state index contributed by atoms with van der Waals surface area (Å²) in [6, 6.07) is 0. The molecule has 17 heavy (non-hydrogen) atoms. The lowest BCUT2D eigenvalue weighted by Crippen LogP contribution is -2.32. The smallest absolute Gasteiger partial charge is 0.271 e. The Labute approximate surface area is 106 Å². The van der Waals surface area contributed by atoms with Crippen LogP contribution in [-0.2, 0) is 0 Å². The van der Waals surface area contributed by atoms with E-state index in [0.29, 0.717) is 18.3 Å². The molecule has 0 unspecified atom stereocenters. The molecular formula is C11H19ClN4O. The maximum absolute atomic E-state index is 11.4. The molecular weight excluding hydrogens is 240 g/mol. The minimum absolute atomic E-state index is 0.144. The van der Waals surface area contributed by atoms with Gasteiger partial charge in [0, 0.05) is 13.1 Å². The van der Waals surface area contributed by atoms with Gasteiger partial charge < -0.3 is 15.6 Å². The predicted octanol–water partition coefficient (Wildman–Crippen LogP) is 1.23. The monoisotopic (exact) mass is 258 g/mol. The van der Waals surface area contributed by atoms with Crippen LogP contribution < -0.4 is 16.2 Å². The summed E-state index contributed by atoms with van der Waals surface area (Å²) in [7, 11) is 0. The molecule has 0 atom stereocenters. The third-order valence-electron chi connectivity index (χ3n) is 2.30. The van der Waals surface area contributed by atoms with Crippen molar-refractivity contribution in [2.45, 2.75) is 20.3 Å². The molecule has 5 nitrogen and oxygen atoms in total. The number of hydrogen-bond acceptors (Lipinski definition) is 4. The Hall–Kier alpha value is -1.07. The van der Waals surface area contributed by atoms with Crippen LogP contribution in [0.5, 0.6) is 0 Å². The summed E-state index contributed by atoms with van der Waals surface area (Å²) in [6.45, 7) is 6.38. The van der Waals surface area contributed by atoms with Gasteiger partial charge in [-0.05, 0) is 18.9 Å². The van der Waals surface area contributed by atoms with E-state index in [4.69, 9.17) is 17.3 Å². The Morgan fingerprint density at radius 2 is 2.29 bits per heavy atom. The molecule has 0 saturated carbocycles. The van der Waals surface area contributed by atoms with E-state index < -0.39 is 0 Å². The average molecular weight is 259 g/mol. The predicted molar refractivity (Wildman–Crippen MR) is 70.6 cm³/mol. The van der Waals surface area contributed by atoms with Crippen LogP contribution in [0.3, 0.4) is 0 Å². The highest BCUT2D eigenvalue weighted by Gasteiger charge is 2.15. The Kier molecular flexibility index (Phi) is 5.44. The van der Waals surface area contributed by atoms with Crippen molar-refractivity contribution in [3.05, 3.63) is 21.7 Å². The molecule has 0 aliphatic carbocycles. The molecule has 0 spiro atoms. The van der Waals surface area contributed by atoms with Crippen molar-refractivity contribution < 1.29 is 0 Å². The summed E-state index contributed by atoms with van der Waals surface area (Å²) >= 11 is 5.97. The Morgan fingerprint density at radius 3 is 2.88 bits per heavy atom. The van der Waals surface area contributed by atoms with Gasteiger partial charge in [0.05, 0.1) is 6.33 Å². The van der Waals surface area contributed by atoms with Crippen LogP contribution in [0.25, 0.3) is 0 Å². The highest BCUT2D eigenvalue weighted by molar-refractivity contribution is 6.32. The molecule has 3 N–H and O–H groups in total. The van der Waals surface area contributed by atoms with Gasteiger partial charge in [-0.15, -0.1) is 0 Å². The molecule has 96 valence electrons. The highest BCUT2D eigenvalue weighted by Crippen LogP contribution is 2.19. The topological polar surface area (TPSA) is 75.0 Å². The standard InChI is InChI=1S/C11H19ClN4O/c1-8(2)6-16(5-3-4-13)10-9(12)11(17)15-7-14-10/h7-8H,3-6,13H2,1-2H3,(H,14,15,17). The summed E-state index contributed by atoms with van der Waals surface area (Å²) in [6.07, 6.45) is 2.22. The second-order valence-electron chi connectivity index (χ2n) is 4.35. The zero-order chi connectivity index (χ0) is 12.8. The number of nitrogens with one attached hydrogen (secondary N) is 1. The number of hydrogen-bond donors (Lipinski definition) is 2. The minimum Gasteiger partial charge on any atom is -0.355 e. The number of nitrogens with zero attached hydrogens (tertiary/aromatic N) is 2. The first kappa shape index (κ1) is 14.0. The zero-order valence-corrected chi connectivity index (χ0v) is 11.0. The molecule has 0 aliphatic rings. The highest BCUT2D eigenvalue weighted by atomic mass is 35.5. The van der Waals surface area contributed by atoms with Crippen molar-refractivity contribution in [1.82, 2.24) is 9.97 Å². The summed E-state index contributed by atoms with van der Waals surface area (Å²) < 4.78 is 0. The van der Waals surface area contributed by atoms with Crippen molar-refractivity contribution in [3.63, 3.8) is 0 Å². The van der Waals surface area contributed by atoms with E-state index in [1.54, 1.807) is 0 Å². The van der Waals surface area contributed by atoms with Crippen molar-refractivity contribution in [2.24, 2.45) is 11.7 Å². The third kappa shape index (κ3) is 4.02. The Bertz CT molecular complexity index is 405. The summed E-state index contributed by atoms with van der Waals surface area (Å²) in [5.41, 5.74) is 5.20. The number of H-pyrrole nitrogens is 1. The van der Waals surface area contributed by atoms with Crippen LogP contribution in [-0.4, -0.2) is 29.6 Å². The van der Waals surface area contributed by atoms with Gasteiger partial charge in [0.25, 0.3) is 5.56 Å². The fraction of sp³-hybridized carbons (Fsp3) is 0.636. The summed E-state index contributed by atoms with van der Waals surface area (Å²) in [5, 5.41) is 0.144. The maximum Gasteiger partial charge on any atom is 0.271 e. The molecule has 1 heterocycles. The van der Waals surface area contributed by atoms with Crippen LogP contribution in [0.4, 0.5) is 5.82 Å². The van der Waals surface area contributed by atoms with Crippen LogP contribution in [0.15, 0.2) is 11.1 Å². The third-order valence-corrected chi connectivity index (χ3v) is 2.64. The minimum atomic E-state index is -0.307. The van der Waals surface area contributed by atoms with E-state index in [1.807, 2.05) is 4.90 Å². The number of halogens is 1. The van der Waals surface area contributed by atoms with Crippen LogP contribution in [0, 0.1) is 5.92 Å². The van der Waals surface area contributed by atoms with Gasteiger partial charge in [-0.25, -0.2) is 4.98 Å². The molecule has 0 saturated heterocycles. The van der Waals surface area contributed by atoms with Crippen LogP contribution >= 0.6 is 11.6 Å². The van der Waals surface area contributed by atoms with Crippen molar-refractivity contribution in [1.29, 1.82) is 0 Å². The normalized spacial score (nSPS) is 10.9. The molecule has 0 fully saturated rings. The van der Waals surface area contributed by atoms with Gasteiger partial charge in [-0.2, -0.15) is 0 Å². The van der Waals surface area contributed by atoms with Gasteiger partial charge >= 0.3 is 0 Å². The molecule has 1 aromatic rings. The number of rotatable bonds is 6. The van der Waals surface area contributed by atoms with E-state index in [0.717, 1.165) is 19.5 Å². The fourth-order valence-electron chi connectivity index (χ4n) is 1.60. The quantitative estimate of drug-likeness (QED) is 0.805. The summed E-state index contributed by atoms with van der Waals surface area (Å²) in [5.74, 6) is 1.00. The molecule has 0 aromatic carbocycles. The second kappa shape index (κ2) is 6.61. The van der Waals surface area contributed by atoms with Gasteiger partial charge in [0.1, 0.15) is 5.02 Å². The van der Waals surface area contributed by atoms with Crippen LogP contribution in [0.2, 0.25) is 5.02 Å². The van der Waals surface area contributed by atoms with Crippen molar-refractivity contribution in [2.75, 3.05) is 24.5 Å². The number of aromatic nitrogens is 2. The van der Waals surface area contributed by atoms with E-state index >= 15 is 0 Å². The van der Waals surface area contributed by atoms with Crippen molar-refractivity contribution >= 4 is 17.4 Å². The first-order valence-corrected chi connectivity index (χ1v) is 6.12. The SMILES string of the molecule is CC(C)CN(CCCN)c1nc[nH]c(=O)c1Cl. The maximum atomic E-state index is 11.4. The first-order valence-electron chi connectivity index (χ1n) is 5.74. The van der Waals surface area contributed by atoms with Gasteiger partial charge in [0.2, 0.25) is 0 Å². The lowest BCUT2D eigenvalue weighted by molar-refractivity contribution is 0.595. The fourth-order valence-corrected chi connectivity index (χ4v) is 1.82. The van der Waals surface area contributed by atoms with E-state index in [9.17, 15) is 4.79 Å². The number of nitrogens with two attached hydrogens (primary N) is 1. The number of anilines is 1. The van der Waals surface area contributed by atoms with Crippen LogP contribution in [0.1, 0.15) is 20.3 Å². The molecule has 1 aromatic heterocycles. The second-order valence-corrected chi connectivity index (χ2v) is 4.73. The largest absolute Gasteiger partial charge is 0.355 e. The number of aromatic amines is 1. The average Bonchev–Trinajstić information content (AvgIpc) is 2.28. The first-order chi connectivity index (χ1) is 8.06. The van der Waals surface area contributed by atoms with Gasteiger partial charge in [-0.3, -0.25) is 4.79 Å². The molecule has 0 amide bonds. The molecule has 6 heteroatoms. The Balaban J connectivity index is 2.95. The molecule has 1 rings (SSSR count). The van der Waals surface area contributed by atoms with E-state index in [1.165, 1.54) is 6.33 Å². The summed E-state index contributed by atoms with van der Waals surface area (Å²) in [4.78, 5) is 20.0. The van der Waals surface area contributed by atoms with E-state index in [-0.39, 0.29) is 10.6 Å². The van der Waals surface area contributed by atoms with E-state index in [2.05, 4.69) is 23.8 Å². The molecule has 0 radical (unpaired) electrons.